The smallest absolute Gasteiger partial charge is 0.0597 e. The van der Waals surface area contributed by atoms with Crippen LogP contribution in [0.5, 0.6) is 0 Å². The van der Waals surface area contributed by atoms with Crippen molar-refractivity contribution in [1.82, 2.24) is 10.3 Å². The van der Waals surface area contributed by atoms with Gasteiger partial charge in [0.25, 0.3) is 0 Å². The molecular formula is C18H30N2O. The Balaban J connectivity index is 2.21. The van der Waals surface area contributed by atoms with Crippen LogP contribution >= 0.6 is 0 Å². The molecule has 3 nitrogen and oxygen atoms in total. The quantitative estimate of drug-likeness (QED) is 0.869. The second-order valence-corrected chi connectivity index (χ2v) is 6.51. The SMILES string of the molecule is CCCNC(C(C)c1ccccn1)C1C(C)OC(C)C1C. The summed E-state index contributed by atoms with van der Waals surface area (Å²) in [5, 5.41) is 3.77. The first kappa shape index (κ1) is 16.4. The third kappa shape index (κ3) is 3.64. The van der Waals surface area contributed by atoms with Crippen LogP contribution in [0.1, 0.15) is 52.7 Å². The predicted molar refractivity (Wildman–Crippen MR) is 87.4 cm³/mol. The predicted octanol–water partition coefficient (Wildman–Crippen LogP) is 3.61. The highest BCUT2D eigenvalue weighted by Crippen LogP contribution is 2.38. The van der Waals surface area contributed by atoms with Gasteiger partial charge in [-0.2, -0.15) is 0 Å². The van der Waals surface area contributed by atoms with E-state index in [1.54, 1.807) is 0 Å². The van der Waals surface area contributed by atoms with Crippen LogP contribution < -0.4 is 5.32 Å². The fraction of sp³-hybridized carbons (Fsp3) is 0.722. The Labute approximate surface area is 129 Å². The molecule has 21 heavy (non-hydrogen) atoms. The largest absolute Gasteiger partial charge is 0.375 e. The summed E-state index contributed by atoms with van der Waals surface area (Å²) in [6.45, 7) is 12.3. The molecule has 1 aromatic rings. The lowest BCUT2D eigenvalue weighted by Crippen LogP contribution is -2.45. The Hall–Kier alpha value is -0.930. The van der Waals surface area contributed by atoms with Gasteiger partial charge < -0.3 is 10.1 Å². The molecule has 1 saturated heterocycles. The van der Waals surface area contributed by atoms with Crippen molar-refractivity contribution in [2.24, 2.45) is 11.8 Å². The average molecular weight is 290 g/mol. The van der Waals surface area contributed by atoms with Gasteiger partial charge >= 0.3 is 0 Å². The van der Waals surface area contributed by atoms with E-state index in [0.29, 0.717) is 36.0 Å². The summed E-state index contributed by atoms with van der Waals surface area (Å²) in [4.78, 5) is 4.57. The van der Waals surface area contributed by atoms with Crippen molar-refractivity contribution in [2.45, 2.75) is 65.2 Å². The van der Waals surface area contributed by atoms with Gasteiger partial charge in [-0.15, -0.1) is 0 Å². The number of aromatic nitrogens is 1. The van der Waals surface area contributed by atoms with Crippen LogP contribution in [0.4, 0.5) is 0 Å². The topological polar surface area (TPSA) is 34.2 Å². The Morgan fingerprint density at radius 3 is 2.52 bits per heavy atom. The van der Waals surface area contributed by atoms with Gasteiger partial charge in [0.15, 0.2) is 0 Å². The van der Waals surface area contributed by atoms with E-state index in [1.807, 2.05) is 12.3 Å². The zero-order valence-corrected chi connectivity index (χ0v) is 14.0. The standard InChI is InChI=1S/C18H30N2O/c1-6-10-20-18(13(3)16-9-7-8-11-19-16)17-12(2)14(4)21-15(17)5/h7-9,11-15,17-18,20H,6,10H2,1-5H3. The number of nitrogens with zero attached hydrogens (tertiary/aromatic N) is 1. The van der Waals surface area contributed by atoms with Gasteiger partial charge in [0.05, 0.1) is 12.2 Å². The normalized spacial score (nSPS) is 32.0. The Kier molecular flexibility index (Phi) is 5.77. The summed E-state index contributed by atoms with van der Waals surface area (Å²) >= 11 is 0. The molecular weight excluding hydrogens is 260 g/mol. The second-order valence-electron chi connectivity index (χ2n) is 6.51. The zero-order valence-electron chi connectivity index (χ0n) is 14.0. The average Bonchev–Trinajstić information content (AvgIpc) is 2.74. The van der Waals surface area contributed by atoms with Crippen molar-refractivity contribution in [2.75, 3.05) is 6.54 Å². The maximum atomic E-state index is 6.07. The molecule has 2 heterocycles. The maximum absolute atomic E-state index is 6.07. The number of hydrogen-bond donors (Lipinski definition) is 1. The lowest BCUT2D eigenvalue weighted by atomic mass is 9.77. The van der Waals surface area contributed by atoms with Crippen molar-refractivity contribution in [3.05, 3.63) is 30.1 Å². The summed E-state index contributed by atoms with van der Waals surface area (Å²) in [7, 11) is 0. The minimum absolute atomic E-state index is 0.301. The first-order chi connectivity index (χ1) is 10.1. The third-order valence-electron chi connectivity index (χ3n) is 5.06. The van der Waals surface area contributed by atoms with Gasteiger partial charge in [0, 0.05) is 29.8 Å². The van der Waals surface area contributed by atoms with Crippen molar-refractivity contribution in [3.8, 4) is 0 Å². The Morgan fingerprint density at radius 1 is 1.24 bits per heavy atom. The molecule has 0 radical (unpaired) electrons. The second kappa shape index (κ2) is 7.37. The minimum Gasteiger partial charge on any atom is -0.375 e. The number of ether oxygens (including phenoxy) is 1. The molecule has 2 rings (SSSR count). The van der Waals surface area contributed by atoms with Crippen molar-refractivity contribution >= 4 is 0 Å². The van der Waals surface area contributed by atoms with Crippen LogP contribution in [0, 0.1) is 11.8 Å². The van der Waals surface area contributed by atoms with Crippen molar-refractivity contribution in [1.29, 1.82) is 0 Å². The van der Waals surface area contributed by atoms with Crippen LogP contribution in [0.15, 0.2) is 24.4 Å². The molecule has 1 aliphatic rings. The van der Waals surface area contributed by atoms with Gasteiger partial charge in [0.1, 0.15) is 0 Å². The van der Waals surface area contributed by atoms with E-state index >= 15 is 0 Å². The molecule has 1 aliphatic heterocycles. The van der Waals surface area contributed by atoms with Crippen LogP contribution in [-0.4, -0.2) is 29.8 Å². The van der Waals surface area contributed by atoms with Crippen molar-refractivity contribution < 1.29 is 4.74 Å². The lowest BCUT2D eigenvalue weighted by Gasteiger charge is -2.34. The van der Waals surface area contributed by atoms with Gasteiger partial charge in [-0.25, -0.2) is 0 Å². The number of pyridine rings is 1. The van der Waals surface area contributed by atoms with E-state index in [0.717, 1.165) is 13.0 Å². The molecule has 3 heteroatoms. The van der Waals surface area contributed by atoms with E-state index in [-0.39, 0.29) is 0 Å². The molecule has 118 valence electrons. The van der Waals surface area contributed by atoms with Crippen LogP contribution in [0.3, 0.4) is 0 Å². The van der Waals surface area contributed by atoms with Crippen LogP contribution in [-0.2, 0) is 4.74 Å². The molecule has 0 aromatic carbocycles. The molecule has 1 aromatic heterocycles. The lowest BCUT2D eigenvalue weighted by molar-refractivity contribution is 0.0465. The summed E-state index contributed by atoms with van der Waals surface area (Å²) in [6, 6.07) is 6.61. The van der Waals surface area contributed by atoms with Crippen molar-refractivity contribution in [3.63, 3.8) is 0 Å². The Bertz CT molecular complexity index is 422. The molecule has 0 bridgehead atoms. The third-order valence-corrected chi connectivity index (χ3v) is 5.06. The highest BCUT2D eigenvalue weighted by atomic mass is 16.5. The van der Waals surface area contributed by atoms with E-state index in [4.69, 9.17) is 4.74 Å². The minimum atomic E-state index is 0.301. The molecule has 6 atom stereocenters. The molecule has 1 N–H and O–H groups in total. The monoisotopic (exact) mass is 290 g/mol. The van der Waals surface area contributed by atoms with E-state index in [1.165, 1.54) is 5.69 Å². The zero-order chi connectivity index (χ0) is 15.4. The fourth-order valence-electron chi connectivity index (χ4n) is 3.70. The van der Waals surface area contributed by atoms with Gasteiger partial charge in [-0.3, -0.25) is 4.98 Å². The first-order valence-electron chi connectivity index (χ1n) is 8.36. The molecule has 1 fully saturated rings. The summed E-state index contributed by atoms with van der Waals surface area (Å²) in [5.41, 5.74) is 1.17. The number of rotatable bonds is 6. The molecule has 0 spiro atoms. The molecule has 0 saturated carbocycles. The van der Waals surface area contributed by atoms with Gasteiger partial charge in [-0.05, 0) is 44.9 Å². The Morgan fingerprint density at radius 2 is 2.00 bits per heavy atom. The summed E-state index contributed by atoms with van der Waals surface area (Å²) in [6.07, 6.45) is 3.68. The highest BCUT2D eigenvalue weighted by Gasteiger charge is 2.43. The fourth-order valence-corrected chi connectivity index (χ4v) is 3.70. The molecule has 0 amide bonds. The van der Waals surface area contributed by atoms with Crippen LogP contribution in [0.2, 0.25) is 0 Å². The number of nitrogens with one attached hydrogen (secondary N) is 1. The highest BCUT2D eigenvalue weighted by molar-refractivity contribution is 5.13. The summed E-state index contributed by atoms with van der Waals surface area (Å²) in [5.74, 6) is 1.49. The van der Waals surface area contributed by atoms with E-state index in [9.17, 15) is 0 Å². The van der Waals surface area contributed by atoms with E-state index in [2.05, 4.69) is 57.1 Å². The van der Waals surface area contributed by atoms with E-state index < -0.39 is 0 Å². The summed E-state index contributed by atoms with van der Waals surface area (Å²) < 4.78 is 6.07. The van der Waals surface area contributed by atoms with Gasteiger partial charge in [0.2, 0.25) is 0 Å². The number of hydrogen-bond acceptors (Lipinski definition) is 3. The van der Waals surface area contributed by atoms with Crippen LogP contribution in [0.25, 0.3) is 0 Å². The first-order valence-corrected chi connectivity index (χ1v) is 8.36. The molecule has 6 unspecified atom stereocenters. The molecule has 0 aliphatic carbocycles. The maximum Gasteiger partial charge on any atom is 0.0597 e. The van der Waals surface area contributed by atoms with Gasteiger partial charge in [-0.1, -0.05) is 26.8 Å².